The van der Waals surface area contributed by atoms with E-state index in [1.165, 1.54) is 11.8 Å². The number of hydrogen-bond donors (Lipinski definition) is 2. The first-order valence-electron chi connectivity index (χ1n) is 6.24. The van der Waals surface area contributed by atoms with Gasteiger partial charge in [0, 0.05) is 12.6 Å². The van der Waals surface area contributed by atoms with Crippen LogP contribution in [0.4, 0.5) is 19.3 Å². The second-order valence-corrected chi connectivity index (χ2v) is 4.66. The van der Waals surface area contributed by atoms with Crippen LogP contribution in [0.1, 0.15) is 5.56 Å². The molecular weight excluding hydrogens is 286 g/mol. The molecule has 2 amide bonds. The maximum Gasteiger partial charge on any atom is 0.334 e. The van der Waals surface area contributed by atoms with Crippen LogP contribution in [0.3, 0.4) is 0 Å². The number of urea groups is 1. The average molecular weight is 300 g/mol. The predicted molar refractivity (Wildman–Crippen MR) is 69.1 cm³/mol. The van der Waals surface area contributed by atoms with Crippen LogP contribution in [0.25, 0.3) is 0 Å². The largest absolute Gasteiger partial charge is 0.479 e. The number of hydrogen-bond acceptors (Lipinski definition) is 3. The standard InChI is InChI=1S/C13H14F2N2O4/c1-7-4-9(15)10(5-8(7)14)16-13(20)17-2-3-21-11(6-17)12(18)19/h4-5,11H,2-3,6H2,1H3,(H,16,20)(H,18,19). The Hall–Kier alpha value is -2.22. The molecular formula is C13H14F2N2O4. The lowest BCUT2D eigenvalue weighted by Gasteiger charge is -2.30. The van der Waals surface area contributed by atoms with Gasteiger partial charge in [0.05, 0.1) is 18.8 Å². The first kappa shape index (κ1) is 15.2. The Labute approximate surface area is 119 Å². The zero-order chi connectivity index (χ0) is 15.6. The van der Waals surface area contributed by atoms with E-state index in [0.717, 1.165) is 12.1 Å². The molecule has 0 spiro atoms. The number of carboxylic acid groups (broad SMARTS) is 1. The molecule has 0 saturated carbocycles. The summed E-state index contributed by atoms with van der Waals surface area (Å²) in [6.45, 7) is 1.49. The molecule has 0 bridgehead atoms. The Morgan fingerprint density at radius 2 is 2.10 bits per heavy atom. The summed E-state index contributed by atoms with van der Waals surface area (Å²) in [5.41, 5.74) is -0.163. The lowest BCUT2D eigenvalue weighted by atomic mass is 10.2. The summed E-state index contributed by atoms with van der Waals surface area (Å²) in [5, 5.41) is 11.1. The number of carboxylic acids is 1. The zero-order valence-corrected chi connectivity index (χ0v) is 11.2. The first-order valence-corrected chi connectivity index (χ1v) is 6.24. The quantitative estimate of drug-likeness (QED) is 0.869. The van der Waals surface area contributed by atoms with Crippen LogP contribution in [-0.2, 0) is 9.53 Å². The van der Waals surface area contributed by atoms with Gasteiger partial charge in [-0.15, -0.1) is 0 Å². The van der Waals surface area contributed by atoms with Crippen LogP contribution in [0, 0.1) is 18.6 Å². The molecule has 1 aliphatic heterocycles. The minimum absolute atomic E-state index is 0.0646. The van der Waals surface area contributed by atoms with Gasteiger partial charge in [0.25, 0.3) is 0 Å². The monoisotopic (exact) mass is 300 g/mol. The molecule has 8 heteroatoms. The van der Waals surface area contributed by atoms with E-state index in [1.807, 2.05) is 0 Å². The minimum Gasteiger partial charge on any atom is -0.479 e. The fourth-order valence-electron chi connectivity index (χ4n) is 1.92. The van der Waals surface area contributed by atoms with Crippen molar-refractivity contribution in [2.75, 3.05) is 25.0 Å². The first-order chi connectivity index (χ1) is 9.88. The number of carbonyl (C=O) groups excluding carboxylic acids is 1. The molecule has 0 radical (unpaired) electrons. The van der Waals surface area contributed by atoms with E-state index in [-0.39, 0.29) is 30.9 Å². The predicted octanol–water partition coefficient (Wildman–Crippen LogP) is 1.59. The van der Waals surface area contributed by atoms with Crippen LogP contribution < -0.4 is 5.32 Å². The SMILES string of the molecule is Cc1cc(F)c(NC(=O)N2CCOC(C(=O)O)C2)cc1F. The lowest BCUT2D eigenvalue weighted by Crippen LogP contribution is -2.50. The second-order valence-electron chi connectivity index (χ2n) is 4.66. The molecule has 1 aliphatic rings. The third-order valence-corrected chi connectivity index (χ3v) is 3.12. The van der Waals surface area contributed by atoms with Gasteiger partial charge in [0.1, 0.15) is 11.6 Å². The fourth-order valence-corrected chi connectivity index (χ4v) is 1.92. The third-order valence-electron chi connectivity index (χ3n) is 3.12. The van der Waals surface area contributed by atoms with E-state index in [0.29, 0.717) is 0 Å². The highest BCUT2D eigenvalue weighted by Crippen LogP contribution is 2.19. The number of nitrogens with zero attached hydrogens (tertiary/aromatic N) is 1. The van der Waals surface area contributed by atoms with Crippen molar-refractivity contribution in [2.24, 2.45) is 0 Å². The van der Waals surface area contributed by atoms with E-state index >= 15 is 0 Å². The molecule has 1 heterocycles. The smallest absolute Gasteiger partial charge is 0.334 e. The molecule has 0 aliphatic carbocycles. The zero-order valence-electron chi connectivity index (χ0n) is 11.2. The Kier molecular flexibility index (Phi) is 4.37. The topological polar surface area (TPSA) is 78.9 Å². The number of benzene rings is 1. The summed E-state index contributed by atoms with van der Waals surface area (Å²) in [5.74, 6) is -2.58. The number of morpholine rings is 1. The molecule has 1 atom stereocenters. The molecule has 1 saturated heterocycles. The summed E-state index contributed by atoms with van der Waals surface area (Å²) in [6.07, 6.45) is -1.12. The van der Waals surface area contributed by atoms with Crippen molar-refractivity contribution in [3.8, 4) is 0 Å². The van der Waals surface area contributed by atoms with Crippen molar-refractivity contribution >= 4 is 17.7 Å². The number of rotatable bonds is 2. The van der Waals surface area contributed by atoms with Crippen LogP contribution in [0.2, 0.25) is 0 Å². The van der Waals surface area contributed by atoms with Gasteiger partial charge in [-0.25, -0.2) is 18.4 Å². The molecule has 1 fully saturated rings. The van der Waals surface area contributed by atoms with Crippen LogP contribution >= 0.6 is 0 Å². The maximum absolute atomic E-state index is 13.6. The van der Waals surface area contributed by atoms with Crippen molar-refractivity contribution in [2.45, 2.75) is 13.0 Å². The van der Waals surface area contributed by atoms with E-state index in [9.17, 15) is 18.4 Å². The van der Waals surface area contributed by atoms with E-state index in [1.54, 1.807) is 0 Å². The fraction of sp³-hybridized carbons (Fsp3) is 0.385. The summed E-state index contributed by atoms with van der Waals surface area (Å²) in [6, 6.07) is 1.16. The Morgan fingerprint density at radius 1 is 1.38 bits per heavy atom. The van der Waals surface area contributed by atoms with Gasteiger partial charge in [0.2, 0.25) is 0 Å². The van der Waals surface area contributed by atoms with Gasteiger partial charge in [-0.3, -0.25) is 0 Å². The number of aryl methyl sites for hydroxylation is 1. The lowest BCUT2D eigenvalue weighted by molar-refractivity contribution is -0.154. The van der Waals surface area contributed by atoms with Gasteiger partial charge >= 0.3 is 12.0 Å². The molecule has 1 unspecified atom stereocenters. The number of halogens is 2. The number of nitrogens with one attached hydrogen (secondary N) is 1. The van der Waals surface area contributed by atoms with Crippen molar-refractivity contribution in [1.29, 1.82) is 0 Å². The molecule has 6 nitrogen and oxygen atoms in total. The van der Waals surface area contributed by atoms with Gasteiger partial charge in [-0.2, -0.15) is 0 Å². The molecule has 2 rings (SSSR count). The molecule has 1 aromatic rings. The summed E-state index contributed by atoms with van der Waals surface area (Å²) in [4.78, 5) is 24.0. The Bertz CT molecular complexity index is 580. The van der Waals surface area contributed by atoms with Crippen LogP contribution in [-0.4, -0.2) is 47.8 Å². The summed E-state index contributed by atoms with van der Waals surface area (Å²) < 4.78 is 32.0. The number of ether oxygens (including phenoxy) is 1. The molecule has 114 valence electrons. The van der Waals surface area contributed by atoms with Crippen molar-refractivity contribution in [3.05, 3.63) is 29.3 Å². The van der Waals surface area contributed by atoms with Crippen molar-refractivity contribution in [3.63, 3.8) is 0 Å². The number of anilines is 1. The van der Waals surface area contributed by atoms with Crippen molar-refractivity contribution < 1.29 is 28.2 Å². The van der Waals surface area contributed by atoms with Gasteiger partial charge in [-0.05, 0) is 18.6 Å². The van der Waals surface area contributed by atoms with Crippen LogP contribution in [0.15, 0.2) is 12.1 Å². The summed E-state index contributed by atoms with van der Waals surface area (Å²) in [7, 11) is 0. The van der Waals surface area contributed by atoms with Gasteiger partial charge in [0.15, 0.2) is 6.10 Å². The molecule has 2 N–H and O–H groups in total. The number of aliphatic carboxylic acids is 1. The Morgan fingerprint density at radius 3 is 2.76 bits per heavy atom. The van der Waals surface area contributed by atoms with Crippen LogP contribution in [0.5, 0.6) is 0 Å². The van der Waals surface area contributed by atoms with Gasteiger partial charge < -0.3 is 20.1 Å². The average Bonchev–Trinajstić information content (AvgIpc) is 2.44. The minimum atomic E-state index is -1.18. The highest BCUT2D eigenvalue weighted by molar-refractivity contribution is 5.90. The number of amides is 2. The highest BCUT2D eigenvalue weighted by atomic mass is 19.1. The third kappa shape index (κ3) is 3.46. The number of carbonyl (C=O) groups is 2. The maximum atomic E-state index is 13.6. The van der Waals surface area contributed by atoms with E-state index in [2.05, 4.69) is 5.32 Å². The van der Waals surface area contributed by atoms with Gasteiger partial charge in [-0.1, -0.05) is 0 Å². The van der Waals surface area contributed by atoms with E-state index in [4.69, 9.17) is 9.84 Å². The molecule has 0 aromatic heterocycles. The molecule has 1 aromatic carbocycles. The second kappa shape index (κ2) is 6.04. The Balaban J connectivity index is 2.07. The highest BCUT2D eigenvalue weighted by Gasteiger charge is 2.29. The van der Waals surface area contributed by atoms with Crippen molar-refractivity contribution in [1.82, 2.24) is 4.90 Å². The normalized spacial score (nSPS) is 18.4. The van der Waals surface area contributed by atoms with E-state index < -0.39 is 29.7 Å². The molecule has 21 heavy (non-hydrogen) atoms. The summed E-state index contributed by atoms with van der Waals surface area (Å²) >= 11 is 0.